The molecule has 0 aromatic heterocycles. The second-order valence-corrected chi connectivity index (χ2v) is 0. The van der Waals surface area contributed by atoms with E-state index >= 15 is 0 Å². The summed E-state index contributed by atoms with van der Waals surface area (Å²) in [7, 11) is 0. The molecule has 0 heterocycles. The van der Waals surface area contributed by atoms with Gasteiger partial charge in [-0.3, -0.25) is 0 Å². The Morgan fingerprint density at radius 2 is 0.250 bits per heavy atom. The van der Waals surface area contributed by atoms with Crippen LogP contribution in [0.25, 0.3) is 0 Å². The topological polar surface area (TPSA) is 0 Å². The average molecular weight is 279 g/mol. The van der Waals surface area contributed by atoms with Crippen LogP contribution in [0.1, 0.15) is 0 Å². The van der Waals surface area contributed by atoms with Gasteiger partial charge in [-0.05, 0) is 0 Å². The van der Waals surface area contributed by atoms with Crippen molar-refractivity contribution in [2.75, 3.05) is 0 Å². The van der Waals surface area contributed by atoms with Gasteiger partial charge in [0.05, 0.1) is 0 Å². The molecule has 0 bridgehead atoms. The Labute approximate surface area is 149 Å². The molecule has 0 aliphatic carbocycles. The largest absolute Gasteiger partial charge is 0 e. The maximum absolute atomic E-state index is 0. The van der Waals surface area contributed by atoms with E-state index in [1.165, 1.54) is 0 Å². The first kappa shape index (κ1) is 77.3. The standard InChI is InChI=1S/5Al.3Ti. The minimum absolute atomic E-state index is 0. The van der Waals surface area contributed by atoms with Gasteiger partial charge in [0.1, 0.15) is 0 Å². The van der Waals surface area contributed by atoms with Gasteiger partial charge in [0.2, 0.25) is 0 Å². The van der Waals surface area contributed by atoms with Crippen molar-refractivity contribution in [1.29, 1.82) is 0 Å². The Morgan fingerprint density at radius 3 is 0.250 bits per heavy atom. The molecule has 0 N–H and O–H groups in total. The van der Waals surface area contributed by atoms with E-state index in [2.05, 4.69) is 0 Å². The molecule has 0 rings (SSSR count). The van der Waals surface area contributed by atoms with E-state index in [1.54, 1.807) is 0 Å². The van der Waals surface area contributed by atoms with E-state index in [4.69, 9.17) is 0 Å². The van der Waals surface area contributed by atoms with Crippen molar-refractivity contribution < 1.29 is 65.2 Å². The van der Waals surface area contributed by atoms with Crippen molar-refractivity contribution in [1.82, 2.24) is 0 Å². The molecule has 0 aromatic rings. The van der Waals surface area contributed by atoms with Crippen LogP contribution in [0.4, 0.5) is 0 Å². The van der Waals surface area contributed by atoms with Gasteiger partial charge in [0.25, 0.3) is 0 Å². The molecule has 8 heteroatoms. The molecule has 0 saturated heterocycles. The van der Waals surface area contributed by atoms with E-state index in [1.807, 2.05) is 0 Å². The first-order valence-electron chi connectivity index (χ1n) is 0. The van der Waals surface area contributed by atoms with Crippen LogP contribution in [0, 0.1) is 0 Å². The quantitative estimate of drug-likeness (QED) is 0.454. The van der Waals surface area contributed by atoms with Crippen LogP contribution in [-0.4, -0.2) is 86.8 Å². The molecular formula is Al5Ti3. The Morgan fingerprint density at radius 1 is 0.250 bits per heavy atom. The number of hydrogen-bond donors (Lipinski definition) is 0. The number of hydrogen-bond acceptors (Lipinski definition) is 0. The molecule has 0 aliphatic heterocycles. The summed E-state index contributed by atoms with van der Waals surface area (Å²) in [5.74, 6) is 0. The molecule has 8 heavy (non-hydrogen) atoms. The Hall–Kier alpha value is 4.81. The Bertz CT molecular complexity index is 7.64. The molecule has 0 spiro atoms. The SMILES string of the molecule is [Al].[Al].[Al].[Al].[Al].[Ti].[Ti].[Ti]. The third kappa shape index (κ3) is 45.0. The summed E-state index contributed by atoms with van der Waals surface area (Å²) >= 11 is 0. The van der Waals surface area contributed by atoms with Crippen LogP contribution in [-0.2, 0) is 65.2 Å². The zero-order valence-electron chi connectivity index (χ0n) is 4.39. The summed E-state index contributed by atoms with van der Waals surface area (Å²) in [6, 6.07) is 0. The molecule has 27 valence electrons. The van der Waals surface area contributed by atoms with Gasteiger partial charge < -0.3 is 0 Å². The predicted molar refractivity (Wildman–Crippen MR) is 28.8 cm³/mol. The molecule has 0 aromatic carbocycles. The third-order valence-electron chi connectivity index (χ3n) is 0. The normalized spacial score (nSPS) is 0. The summed E-state index contributed by atoms with van der Waals surface area (Å²) in [4.78, 5) is 0. The van der Waals surface area contributed by atoms with Crippen LogP contribution in [0.15, 0.2) is 0 Å². The van der Waals surface area contributed by atoms with Gasteiger partial charge in [-0.2, -0.15) is 0 Å². The minimum Gasteiger partial charge on any atom is 0 e. The first-order valence-corrected chi connectivity index (χ1v) is 0. The van der Waals surface area contributed by atoms with E-state index in [0.717, 1.165) is 0 Å². The number of rotatable bonds is 0. The van der Waals surface area contributed by atoms with Crippen LogP contribution in [0.3, 0.4) is 0 Å². The summed E-state index contributed by atoms with van der Waals surface area (Å²) in [6.07, 6.45) is 0. The Kier molecular flexibility index (Phi) is 577. The summed E-state index contributed by atoms with van der Waals surface area (Å²) < 4.78 is 0. The minimum atomic E-state index is 0. The van der Waals surface area contributed by atoms with Crippen LogP contribution >= 0.6 is 0 Å². The molecular weight excluding hydrogens is 279 g/mol. The summed E-state index contributed by atoms with van der Waals surface area (Å²) in [5, 5.41) is 0. The van der Waals surface area contributed by atoms with Crippen molar-refractivity contribution in [3.8, 4) is 0 Å². The van der Waals surface area contributed by atoms with Crippen LogP contribution < -0.4 is 0 Å². The van der Waals surface area contributed by atoms with Gasteiger partial charge in [-0.15, -0.1) is 0 Å². The average Bonchev–Trinajstić information content (AvgIpc) is 0. The molecule has 0 saturated carbocycles. The first-order chi connectivity index (χ1) is 0. The summed E-state index contributed by atoms with van der Waals surface area (Å²) in [5.41, 5.74) is 0. The smallest absolute Gasteiger partial charge is 0 e. The van der Waals surface area contributed by atoms with E-state index in [0.29, 0.717) is 0 Å². The van der Waals surface area contributed by atoms with E-state index in [-0.39, 0.29) is 152 Å². The molecule has 0 fully saturated rings. The van der Waals surface area contributed by atoms with Crippen molar-refractivity contribution in [2.24, 2.45) is 0 Å². The third-order valence-corrected chi connectivity index (χ3v) is 0. The molecule has 15 radical (unpaired) electrons. The maximum atomic E-state index is 0. The zero-order valence-corrected chi connectivity index (χ0v) is 14.8. The van der Waals surface area contributed by atoms with Crippen molar-refractivity contribution in [3.63, 3.8) is 0 Å². The maximum Gasteiger partial charge on any atom is 0 e. The predicted octanol–water partition coefficient (Wildman–Crippen LogP) is -1.91. The van der Waals surface area contributed by atoms with E-state index in [9.17, 15) is 0 Å². The molecule has 0 atom stereocenters. The fraction of sp³-hybridized carbons (Fsp3) is 0. The van der Waals surface area contributed by atoms with Crippen molar-refractivity contribution >= 4 is 86.8 Å². The fourth-order valence-corrected chi connectivity index (χ4v) is 0. The monoisotopic (exact) mass is 279 g/mol. The van der Waals surface area contributed by atoms with Gasteiger partial charge in [-0.25, -0.2) is 0 Å². The van der Waals surface area contributed by atoms with Gasteiger partial charge in [0, 0.05) is 152 Å². The van der Waals surface area contributed by atoms with Crippen LogP contribution in [0.5, 0.6) is 0 Å². The second kappa shape index (κ2) is 59.7. The second-order valence-electron chi connectivity index (χ2n) is 0. The van der Waals surface area contributed by atoms with Crippen molar-refractivity contribution in [3.05, 3.63) is 0 Å². The molecule has 0 aliphatic rings. The molecule has 0 unspecified atom stereocenters. The van der Waals surface area contributed by atoms with Gasteiger partial charge in [0.15, 0.2) is 0 Å². The van der Waals surface area contributed by atoms with Gasteiger partial charge >= 0.3 is 0 Å². The van der Waals surface area contributed by atoms with Crippen molar-refractivity contribution in [2.45, 2.75) is 0 Å². The molecule has 0 nitrogen and oxygen atoms in total. The summed E-state index contributed by atoms with van der Waals surface area (Å²) in [6.45, 7) is 0. The van der Waals surface area contributed by atoms with E-state index < -0.39 is 0 Å². The molecule has 0 amide bonds. The van der Waals surface area contributed by atoms with Gasteiger partial charge in [-0.1, -0.05) is 0 Å². The fourth-order valence-electron chi connectivity index (χ4n) is 0. The van der Waals surface area contributed by atoms with Crippen LogP contribution in [0.2, 0.25) is 0 Å². The Balaban J connectivity index is 0. The zero-order chi connectivity index (χ0) is 0.